The molecule has 0 aromatic heterocycles. The van der Waals surface area contributed by atoms with E-state index < -0.39 is 0 Å². The molecule has 1 amide bonds. The SMILES string of the molecule is COc1ccc(OCCS[C@H](C)C(N)=O)cc1. The van der Waals surface area contributed by atoms with E-state index in [4.69, 9.17) is 15.2 Å². The number of methoxy groups -OCH3 is 1. The summed E-state index contributed by atoms with van der Waals surface area (Å²) in [6.07, 6.45) is 0. The molecule has 0 radical (unpaired) electrons. The summed E-state index contributed by atoms with van der Waals surface area (Å²) in [5, 5.41) is -0.172. The van der Waals surface area contributed by atoms with Gasteiger partial charge in [-0.25, -0.2) is 0 Å². The summed E-state index contributed by atoms with van der Waals surface area (Å²) in [7, 11) is 1.62. The zero-order valence-corrected chi connectivity index (χ0v) is 10.8. The average molecular weight is 255 g/mol. The van der Waals surface area contributed by atoms with Gasteiger partial charge in [0.25, 0.3) is 0 Å². The van der Waals surface area contributed by atoms with Crippen LogP contribution in [-0.4, -0.2) is 30.6 Å². The third-order valence-electron chi connectivity index (χ3n) is 2.18. The van der Waals surface area contributed by atoms with Gasteiger partial charge in [-0.05, 0) is 31.2 Å². The number of ether oxygens (including phenoxy) is 2. The van der Waals surface area contributed by atoms with Crippen LogP contribution in [0.1, 0.15) is 6.92 Å². The lowest BCUT2D eigenvalue weighted by atomic mass is 10.3. The van der Waals surface area contributed by atoms with E-state index in [0.29, 0.717) is 6.61 Å². The lowest BCUT2D eigenvalue weighted by molar-refractivity contribution is -0.117. The molecule has 2 N–H and O–H groups in total. The molecule has 0 aliphatic rings. The van der Waals surface area contributed by atoms with Crippen molar-refractivity contribution in [3.05, 3.63) is 24.3 Å². The van der Waals surface area contributed by atoms with Gasteiger partial charge >= 0.3 is 0 Å². The first kappa shape index (κ1) is 13.7. The second-order valence-corrected chi connectivity index (χ2v) is 4.89. The highest BCUT2D eigenvalue weighted by atomic mass is 32.2. The molecule has 0 aliphatic heterocycles. The largest absolute Gasteiger partial charge is 0.497 e. The summed E-state index contributed by atoms with van der Waals surface area (Å²) in [6.45, 7) is 2.34. The smallest absolute Gasteiger partial charge is 0.230 e. The molecule has 1 aromatic carbocycles. The van der Waals surface area contributed by atoms with Crippen LogP contribution < -0.4 is 15.2 Å². The minimum absolute atomic E-state index is 0.172. The Balaban J connectivity index is 2.24. The van der Waals surface area contributed by atoms with E-state index >= 15 is 0 Å². The Hall–Kier alpha value is -1.36. The van der Waals surface area contributed by atoms with E-state index in [-0.39, 0.29) is 11.2 Å². The van der Waals surface area contributed by atoms with Crippen molar-refractivity contribution in [2.24, 2.45) is 5.73 Å². The standard InChI is InChI=1S/C12H17NO3S/c1-9(12(13)14)17-8-7-16-11-5-3-10(15-2)4-6-11/h3-6,9H,7-8H2,1-2H3,(H2,13,14)/t9-/m1/s1. The molecule has 5 heteroatoms. The van der Waals surface area contributed by atoms with E-state index in [9.17, 15) is 4.79 Å². The molecule has 17 heavy (non-hydrogen) atoms. The Morgan fingerprint density at radius 1 is 1.35 bits per heavy atom. The normalized spacial score (nSPS) is 11.9. The molecule has 0 spiro atoms. The number of thioether (sulfide) groups is 1. The van der Waals surface area contributed by atoms with Crippen molar-refractivity contribution >= 4 is 17.7 Å². The lowest BCUT2D eigenvalue weighted by Gasteiger charge is -2.09. The number of carbonyl (C=O) groups excluding carboxylic acids is 1. The highest BCUT2D eigenvalue weighted by molar-refractivity contribution is 8.00. The molecular weight excluding hydrogens is 238 g/mol. The summed E-state index contributed by atoms with van der Waals surface area (Å²) < 4.78 is 10.5. The molecule has 0 heterocycles. The lowest BCUT2D eigenvalue weighted by Crippen LogP contribution is -2.23. The van der Waals surface area contributed by atoms with Crippen molar-refractivity contribution in [1.82, 2.24) is 0 Å². The van der Waals surface area contributed by atoms with E-state index in [1.165, 1.54) is 11.8 Å². The van der Waals surface area contributed by atoms with Crippen LogP contribution in [0.15, 0.2) is 24.3 Å². The molecule has 0 fully saturated rings. The van der Waals surface area contributed by atoms with Gasteiger partial charge in [0.1, 0.15) is 11.5 Å². The third kappa shape index (κ3) is 4.99. The van der Waals surface area contributed by atoms with Crippen LogP contribution in [0.5, 0.6) is 11.5 Å². The predicted octanol–water partition coefficient (Wildman–Crippen LogP) is 1.68. The first-order valence-electron chi connectivity index (χ1n) is 5.31. The molecule has 1 atom stereocenters. The van der Waals surface area contributed by atoms with Gasteiger partial charge in [-0.2, -0.15) is 0 Å². The molecule has 4 nitrogen and oxygen atoms in total. The van der Waals surface area contributed by atoms with Gasteiger partial charge in [0.2, 0.25) is 5.91 Å². The summed E-state index contributed by atoms with van der Waals surface area (Å²) >= 11 is 1.49. The van der Waals surface area contributed by atoms with Crippen molar-refractivity contribution in [2.75, 3.05) is 19.5 Å². The van der Waals surface area contributed by atoms with Crippen LogP contribution >= 0.6 is 11.8 Å². The number of hydrogen-bond acceptors (Lipinski definition) is 4. The zero-order chi connectivity index (χ0) is 12.7. The van der Waals surface area contributed by atoms with E-state index in [1.807, 2.05) is 24.3 Å². The van der Waals surface area contributed by atoms with Crippen molar-refractivity contribution in [3.63, 3.8) is 0 Å². The van der Waals surface area contributed by atoms with E-state index in [2.05, 4.69) is 0 Å². The van der Waals surface area contributed by atoms with Crippen LogP contribution in [0, 0.1) is 0 Å². The first-order chi connectivity index (χ1) is 8.13. The van der Waals surface area contributed by atoms with Gasteiger partial charge in [-0.15, -0.1) is 11.8 Å². The van der Waals surface area contributed by atoms with Crippen LogP contribution in [0.25, 0.3) is 0 Å². The van der Waals surface area contributed by atoms with Gasteiger partial charge < -0.3 is 15.2 Å². The van der Waals surface area contributed by atoms with E-state index in [1.54, 1.807) is 14.0 Å². The first-order valence-corrected chi connectivity index (χ1v) is 6.36. The fourth-order valence-electron chi connectivity index (χ4n) is 1.14. The molecule has 0 saturated carbocycles. The summed E-state index contributed by atoms with van der Waals surface area (Å²) in [5.41, 5.74) is 5.15. The Bertz CT molecular complexity index is 353. The average Bonchev–Trinajstić information content (AvgIpc) is 2.35. The molecule has 1 rings (SSSR count). The van der Waals surface area contributed by atoms with Gasteiger partial charge in [-0.1, -0.05) is 0 Å². The zero-order valence-electron chi connectivity index (χ0n) is 10.0. The second kappa shape index (κ2) is 7.06. The summed E-state index contributed by atoms with van der Waals surface area (Å²) in [4.78, 5) is 10.8. The number of rotatable bonds is 7. The Kier molecular flexibility index (Phi) is 5.69. The monoisotopic (exact) mass is 255 g/mol. The van der Waals surface area contributed by atoms with Gasteiger partial charge in [0.05, 0.1) is 19.0 Å². The summed E-state index contributed by atoms with van der Waals surface area (Å²) in [5.74, 6) is 2.03. The Morgan fingerprint density at radius 2 is 1.94 bits per heavy atom. The number of amides is 1. The fraction of sp³-hybridized carbons (Fsp3) is 0.417. The second-order valence-electron chi connectivity index (χ2n) is 3.44. The van der Waals surface area contributed by atoms with Crippen molar-refractivity contribution in [2.45, 2.75) is 12.2 Å². The van der Waals surface area contributed by atoms with Crippen LogP contribution in [0.3, 0.4) is 0 Å². The van der Waals surface area contributed by atoms with Gasteiger partial charge in [-0.3, -0.25) is 4.79 Å². The van der Waals surface area contributed by atoms with Crippen LogP contribution in [-0.2, 0) is 4.79 Å². The maximum Gasteiger partial charge on any atom is 0.230 e. The minimum atomic E-state index is -0.292. The predicted molar refractivity (Wildman–Crippen MR) is 69.6 cm³/mol. The Labute approximate surface area is 105 Å². The molecular formula is C12H17NO3S. The van der Waals surface area contributed by atoms with Crippen LogP contribution in [0.2, 0.25) is 0 Å². The molecule has 0 saturated heterocycles. The summed E-state index contributed by atoms with van der Waals surface area (Å²) in [6, 6.07) is 7.38. The van der Waals surface area contributed by atoms with Gasteiger partial charge in [0.15, 0.2) is 0 Å². The number of primary amides is 1. The number of benzene rings is 1. The number of nitrogens with two attached hydrogens (primary N) is 1. The minimum Gasteiger partial charge on any atom is -0.497 e. The molecule has 0 unspecified atom stereocenters. The Morgan fingerprint density at radius 3 is 2.47 bits per heavy atom. The number of hydrogen-bond donors (Lipinski definition) is 1. The van der Waals surface area contributed by atoms with Crippen molar-refractivity contribution in [3.8, 4) is 11.5 Å². The quantitative estimate of drug-likeness (QED) is 0.753. The van der Waals surface area contributed by atoms with Gasteiger partial charge in [0, 0.05) is 5.75 Å². The molecule has 0 bridgehead atoms. The van der Waals surface area contributed by atoms with Crippen molar-refractivity contribution < 1.29 is 14.3 Å². The molecule has 94 valence electrons. The maximum absolute atomic E-state index is 10.8. The third-order valence-corrected chi connectivity index (χ3v) is 3.31. The molecule has 1 aromatic rings. The van der Waals surface area contributed by atoms with E-state index in [0.717, 1.165) is 17.3 Å². The highest BCUT2D eigenvalue weighted by Gasteiger charge is 2.08. The number of carbonyl (C=O) groups is 1. The highest BCUT2D eigenvalue weighted by Crippen LogP contribution is 2.17. The van der Waals surface area contributed by atoms with Crippen molar-refractivity contribution in [1.29, 1.82) is 0 Å². The molecule has 0 aliphatic carbocycles. The van der Waals surface area contributed by atoms with Crippen LogP contribution in [0.4, 0.5) is 0 Å². The fourth-order valence-corrected chi connectivity index (χ4v) is 1.84. The topological polar surface area (TPSA) is 61.6 Å². The maximum atomic E-state index is 10.8.